The second kappa shape index (κ2) is 12.1. The molecule has 4 rings (SSSR count). The van der Waals surface area contributed by atoms with E-state index >= 15 is 0 Å². The highest BCUT2D eigenvalue weighted by Crippen LogP contribution is 2.30. The van der Waals surface area contributed by atoms with Gasteiger partial charge in [0.05, 0.1) is 6.61 Å². The molecule has 1 aliphatic heterocycles. The molecule has 0 atom stereocenters. The zero-order valence-electron chi connectivity index (χ0n) is 20.5. The number of nitrogens with one attached hydrogen (secondary N) is 1. The maximum absolute atomic E-state index is 12.3. The Hall–Kier alpha value is -4.24. The number of carbonyl (C=O) groups excluding carboxylic acids is 3. The van der Waals surface area contributed by atoms with Gasteiger partial charge in [-0.2, -0.15) is 0 Å². The number of rotatable bonds is 10. The zero-order valence-corrected chi connectivity index (χ0v) is 21.3. The summed E-state index contributed by atoms with van der Waals surface area (Å²) in [5.74, 6) is 0.0666. The largest absolute Gasteiger partial charge is 0.490 e. The summed E-state index contributed by atoms with van der Waals surface area (Å²) in [6.45, 7) is 3.75. The summed E-state index contributed by atoms with van der Waals surface area (Å²) in [6, 6.07) is 15.9. The molecule has 0 bridgehead atoms. The molecular formula is C28H26N2O6S. The number of carbonyl (C=O) groups is 3. The summed E-state index contributed by atoms with van der Waals surface area (Å²) in [4.78, 5) is 40.6. The number of aryl methyl sites for hydroxylation is 1. The van der Waals surface area contributed by atoms with Crippen LogP contribution in [0.2, 0.25) is 0 Å². The highest BCUT2D eigenvalue weighted by molar-refractivity contribution is 7.12. The molecule has 9 heteroatoms. The fraction of sp³-hybridized carbons (Fsp3) is 0.214. The van der Waals surface area contributed by atoms with Gasteiger partial charge in [-0.25, -0.2) is 14.6 Å². The molecule has 3 aromatic rings. The topological polar surface area (TPSA) is 103 Å². The zero-order chi connectivity index (χ0) is 26.2. The summed E-state index contributed by atoms with van der Waals surface area (Å²) in [6.07, 6.45) is 3.90. The second-order valence-corrected chi connectivity index (χ2v) is 9.08. The summed E-state index contributed by atoms with van der Waals surface area (Å²) in [5.41, 5.74) is 2.59. The van der Waals surface area contributed by atoms with Gasteiger partial charge in [-0.05, 0) is 79.6 Å². The van der Waals surface area contributed by atoms with Crippen LogP contribution in [0, 0.1) is 0 Å². The van der Waals surface area contributed by atoms with E-state index in [1.165, 1.54) is 18.3 Å². The standard InChI is InChI=1S/C28H26N2O6S/c1-3-34-24-17-19(10-15-23(24)35-28(33)25-9-6-16-37-25)7-4-5-8-22-27(32)36-26(30-22)20-11-13-21(14-12-20)29-18(2)31/h6,8-17H,3-5,7H2,1-2H3,(H,29,31)/b22-8+. The Morgan fingerprint density at radius 2 is 1.92 bits per heavy atom. The fourth-order valence-electron chi connectivity index (χ4n) is 3.62. The van der Waals surface area contributed by atoms with E-state index in [1.54, 1.807) is 48.5 Å². The first-order chi connectivity index (χ1) is 17.9. The van der Waals surface area contributed by atoms with Crippen LogP contribution < -0.4 is 14.8 Å². The van der Waals surface area contributed by atoms with E-state index in [-0.39, 0.29) is 17.5 Å². The van der Waals surface area contributed by atoms with Crippen molar-refractivity contribution >= 4 is 40.8 Å². The van der Waals surface area contributed by atoms with Gasteiger partial charge in [0, 0.05) is 18.2 Å². The number of thiophene rings is 1. The van der Waals surface area contributed by atoms with Gasteiger partial charge in [-0.1, -0.05) is 18.2 Å². The molecular weight excluding hydrogens is 492 g/mol. The van der Waals surface area contributed by atoms with Crippen LogP contribution in [0.3, 0.4) is 0 Å². The minimum Gasteiger partial charge on any atom is -0.490 e. The van der Waals surface area contributed by atoms with Gasteiger partial charge in [0.15, 0.2) is 11.5 Å². The molecule has 2 aromatic carbocycles. The van der Waals surface area contributed by atoms with Crippen molar-refractivity contribution in [2.75, 3.05) is 11.9 Å². The minimum atomic E-state index is -0.489. The monoisotopic (exact) mass is 518 g/mol. The van der Waals surface area contributed by atoms with Crippen LogP contribution in [0.25, 0.3) is 0 Å². The van der Waals surface area contributed by atoms with Gasteiger partial charge in [-0.3, -0.25) is 4.79 Å². The summed E-state index contributed by atoms with van der Waals surface area (Å²) in [5, 5.41) is 4.51. The van der Waals surface area contributed by atoms with Crippen LogP contribution in [-0.4, -0.2) is 30.4 Å². The van der Waals surface area contributed by atoms with E-state index < -0.39 is 11.9 Å². The molecule has 2 heterocycles. The molecule has 1 amide bonds. The number of amides is 1. The molecule has 0 spiro atoms. The number of anilines is 1. The number of nitrogens with zero attached hydrogens (tertiary/aromatic N) is 1. The average molecular weight is 519 g/mol. The van der Waals surface area contributed by atoms with E-state index in [9.17, 15) is 14.4 Å². The predicted molar refractivity (Wildman–Crippen MR) is 141 cm³/mol. The van der Waals surface area contributed by atoms with Crippen molar-refractivity contribution in [1.82, 2.24) is 0 Å². The van der Waals surface area contributed by atoms with Crippen molar-refractivity contribution in [3.8, 4) is 11.5 Å². The molecule has 0 saturated heterocycles. The number of hydrogen-bond acceptors (Lipinski definition) is 8. The minimum absolute atomic E-state index is 0.162. The van der Waals surface area contributed by atoms with Crippen LogP contribution in [-0.2, 0) is 20.7 Å². The number of aliphatic imine (C=N–C) groups is 1. The van der Waals surface area contributed by atoms with Gasteiger partial charge in [-0.15, -0.1) is 11.3 Å². The lowest BCUT2D eigenvalue weighted by Crippen LogP contribution is -2.08. The summed E-state index contributed by atoms with van der Waals surface area (Å²) in [7, 11) is 0. The van der Waals surface area contributed by atoms with Gasteiger partial charge in [0.25, 0.3) is 0 Å². The number of ether oxygens (including phenoxy) is 3. The lowest BCUT2D eigenvalue weighted by Gasteiger charge is -2.12. The number of cyclic esters (lactones) is 1. The molecule has 190 valence electrons. The molecule has 0 aliphatic carbocycles. The Bertz CT molecular complexity index is 1340. The van der Waals surface area contributed by atoms with E-state index in [2.05, 4.69) is 10.3 Å². The molecule has 0 radical (unpaired) electrons. The molecule has 1 aliphatic rings. The van der Waals surface area contributed by atoms with Crippen LogP contribution in [0.4, 0.5) is 5.69 Å². The fourth-order valence-corrected chi connectivity index (χ4v) is 4.22. The van der Waals surface area contributed by atoms with Crippen molar-refractivity contribution < 1.29 is 28.6 Å². The van der Waals surface area contributed by atoms with E-state index in [1.807, 2.05) is 24.4 Å². The normalized spacial score (nSPS) is 13.7. The molecule has 8 nitrogen and oxygen atoms in total. The molecule has 37 heavy (non-hydrogen) atoms. The van der Waals surface area contributed by atoms with E-state index in [4.69, 9.17) is 14.2 Å². The van der Waals surface area contributed by atoms with Crippen LogP contribution in [0.5, 0.6) is 11.5 Å². The van der Waals surface area contributed by atoms with E-state index in [0.29, 0.717) is 40.7 Å². The van der Waals surface area contributed by atoms with Crippen molar-refractivity contribution in [3.05, 3.63) is 87.8 Å². The maximum Gasteiger partial charge on any atom is 0.363 e. The van der Waals surface area contributed by atoms with Crippen LogP contribution in [0.15, 0.2) is 76.7 Å². The second-order valence-electron chi connectivity index (χ2n) is 8.13. The first kappa shape index (κ1) is 25.8. The quantitative estimate of drug-likeness (QED) is 0.164. The SMILES string of the molecule is CCOc1cc(CCC/C=C2/N=C(c3ccc(NC(C)=O)cc3)OC2=O)ccc1OC(=O)c1cccs1. The van der Waals surface area contributed by atoms with Crippen molar-refractivity contribution in [2.24, 2.45) is 4.99 Å². The molecule has 0 saturated carbocycles. The summed E-state index contributed by atoms with van der Waals surface area (Å²) < 4.78 is 16.5. The highest BCUT2D eigenvalue weighted by atomic mass is 32.1. The third-order valence-electron chi connectivity index (χ3n) is 5.31. The lowest BCUT2D eigenvalue weighted by molar-refractivity contribution is -0.130. The maximum atomic E-state index is 12.3. The average Bonchev–Trinajstić information content (AvgIpc) is 3.54. The Morgan fingerprint density at radius 1 is 1.11 bits per heavy atom. The smallest absolute Gasteiger partial charge is 0.363 e. The Morgan fingerprint density at radius 3 is 2.62 bits per heavy atom. The van der Waals surface area contributed by atoms with E-state index in [0.717, 1.165) is 18.4 Å². The van der Waals surface area contributed by atoms with Crippen LogP contribution in [0.1, 0.15) is 47.5 Å². The van der Waals surface area contributed by atoms with Gasteiger partial charge >= 0.3 is 11.9 Å². The number of allylic oxidation sites excluding steroid dienone is 1. The van der Waals surface area contributed by atoms with Crippen molar-refractivity contribution in [3.63, 3.8) is 0 Å². The molecule has 1 N–H and O–H groups in total. The molecule has 0 fully saturated rings. The predicted octanol–water partition coefficient (Wildman–Crippen LogP) is 5.53. The number of benzene rings is 2. The van der Waals surface area contributed by atoms with Crippen LogP contribution >= 0.6 is 11.3 Å². The summed E-state index contributed by atoms with van der Waals surface area (Å²) >= 11 is 1.32. The third-order valence-corrected chi connectivity index (χ3v) is 6.16. The van der Waals surface area contributed by atoms with Gasteiger partial charge < -0.3 is 19.5 Å². The third kappa shape index (κ3) is 6.92. The van der Waals surface area contributed by atoms with Gasteiger partial charge in [0.2, 0.25) is 11.8 Å². The molecule has 1 aromatic heterocycles. The number of unbranched alkanes of at least 4 members (excludes halogenated alkanes) is 1. The first-order valence-corrected chi connectivity index (χ1v) is 12.7. The van der Waals surface area contributed by atoms with Gasteiger partial charge in [0.1, 0.15) is 10.6 Å². The Balaban J connectivity index is 1.34. The number of hydrogen-bond donors (Lipinski definition) is 1. The van der Waals surface area contributed by atoms with Crippen molar-refractivity contribution in [1.29, 1.82) is 0 Å². The molecule has 0 unspecified atom stereocenters. The Kier molecular flexibility index (Phi) is 8.48. The lowest BCUT2D eigenvalue weighted by atomic mass is 10.1. The Labute approximate surface area is 218 Å². The highest BCUT2D eigenvalue weighted by Gasteiger charge is 2.23. The number of esters is 2. The first-order valence-electron chi connectivity index (χ1n) is 11.8. The van der Waals surface area contributed by atoms with Crippen molar-refractivity contribution in [2.45, 2.75) is 33.1 Å².